The molecule has 23 heavy (non-hydrogen) atoms. The maximum absolute atomic E-state index is 12.4. The van der Waals surface area contributed by atoms with E-state index >= 15 is 0 Å². The first-order valence-corrected chi connectivity index (χ1v) is 7.85. The molecular weight excluding hydrogens is 357 g/mol. The smallest absolute Gasteiger partial charge is 0.201 e. The van der Waals surface area contributed by atoms with Gasteiger partial charge in [0, 0.05) is 10.6 Å². The first-order chi connectivity index (χ1) is 10.7. The van der Waals surface area contributed by atoms with Crippen LogP contribution in [0.2, 0.25) is 10.0 Å². The van der Waals surface area contributed by atoms with E-state index in [9.17, 15) is 4.79 Å². The van der Waals surface area contributed by atoms with Crippen LogP contribution in [-0.2, 0) is 0 Å². The summed E-state index contributed by atoms with van der Waals surface area (Å²) in [5.74, 6) is 0. The first-order valence-electron chi connectivity index (χ1n) is 6.69. The second-order valence-corrected chi connectivity index (χ2v) is 7.11. The molecule has 0 saturated carbocycles. The zero-order chi connectivity index (χ0) is 17.2. The second kappa shape index (κ2) is 6.86. The summed E-state index contributed by atoms with van der Waals surface area (Å²) >= 11 is 17.0. The first kappa shape index (κ1) is 17.7. The van der Waals surface area contributed by atoms with E-state index in [-0.39, 0.29) is 27.1 Å². The van der Waals surface area contributed by atoms with Crippen LogP contribution in [0.5, 0.6) is 0 Å². The van der Waals surface area contributed by atoms with Crippen molar-refractivity contribution in [3.05, 3.63) is 44.2 Å². The number of rotatable bonds is 2. The lowest BCUT2D eigenvalue weighted by Gasteiger charge is -2.21. The molecule has 5 nitrogen and oxygen atoms in total. The van der Waals surface area contributed by atoms with Gasteiger partial charge in [-0.2, -0.15) is 5.10 Å². The Kier molecular flexibility index (Phi) is 5.29. The topological polar surface area (TPSA) is 66.6 Å². The molecule has 1 heterocycles. The van der Waals surface area contributed by atoms with E-state index in [0.29, 0.717) is 15.5 Å². The van der Waals surface area contributed by atoms with Gasteiger partial charge in [0.2, 0.25) is 5.43 Å². The number of hydrogen-bond acceptors (Lipinski definition) is 4. The maximum atomic E-state index is 12.4. The van der Waals surface area contributed by atoms with E-state index in [4.69, 9.17) is 39.8 Å². The van der Waals surface area contributed by atoms with Crippen molar-refractivity contribution in [3.8, 4) is 0 Å². The quantitative estimate of drug-likeness (QED) is 0.478. The van der Waals surface area contributed by atoms with E-state index in [1.54, 1.807) is 0 Å². The van der Waals surface area contributed by atoms with Gasteiger partial charge >= 0.3 is 0 Å². The number of hydrazone groups is 1. The molecule has 0 aliphatic rings. The van der Waals surface area contributed by atoms with Crippen molar-refractivity contribution in [2.45, 2.75) is 26.3 Å². The van der Waals surface area contributed by atoms with Crippen molar-refractivity contribution in [1.82, 2.24) is 10.7 Å². The van der Waals surface area contributed by atoms with E-state index in [1.165, 1.54) is 24.6 Å². The van der Waals surface area contributed by atoms with Crippen molar-refractivity contribution in [2.75, 3.05) is 0 Å². The van der Waals surface area contributed by atoms with Crippen LogP contribution in [0.25, 0.3) is 11.0 Å². The highest BCUT2D eigenvalue weighted by Gasteiger charge is 2.11. The van der Waals surface area contributed by atoms with Gasteiger partial charge in [-0.15, -0.1) is 0 Å². The van der Waals surface area contributed by atoms with Crippen LogP contribution in [0.15, 0.2) is 32.7 Å². The number of hydrogen-bond donors (Lipinski definition) is 2. The number of nitrogens with one attached hydrogen (secondary N) is 2. The van der Waals surface area contributed by atoms with E-state index in [1.807, 2.05) is 20.8 Å². The average Bonchev–Trinajstić information content (AvgIpc) is 2.40. The van der Waals surface area contributed by atoms with Crippen molar-refractivity contribution < 1.29 is 4.42 Å². The van der Waals surface area contributed by atoms with Crippen LogP contribution >= 0.6 is 35.4 Å². The molecule has 0 spiro atoms. The molecule has 2 aromatic rings. The highest BCUT2D eigenvalue weighted by atomic mass is 35.5. The third-order valence-corrected chi connectivity index (χ3v) is 3.37. The predicted octanol–water partition coefficient (Wildman–Crippen LogP) is 3.70. The minimum Gasteiger partial charge on any atom is -0.462 e. The molecule has 1 aromatic carbocycles. The molecular formula is C15H15Cl2N3O2S. The van der Waals surface area contributed by atoms with Gasteiger partial charge in [-0.1, -0.05) is 23.2 Å². The predicted molar refractivity (Wildman–Crippen MR) is 98.7 cm³/mol. The summed E-state index contributed by atoms with van der Waals surface area (Å²) in [7, 11) is 0. The number of fused-ring (bicyclic) bond motifs is 1. The molecule has 0 aliphatic carbocycles. The van der Waals surface area contributed by atoms with Crippen LogP contribution in [-0.4, -0.2) is 16.9 Å². The molecule has 0 aliphatic heterocycles. The molecule has 8 heteroatoms. The summed E-state index contributed by atoms with van der Waals surface area (Å²) < 4.78 is 5.39. The molecule has 0 saturated heterocycles. The molecule has 0 radical (unpaired) electrons. The van der Waals surface area contributed by atoms with Gasteiger partial charge in [0.1, 0.15) is 6.26 Å². The van der Waals surface area contributed by atoms with Gasteiger partial charge in [-0.05, 0) is 45.1 Å². The molecule has 1 aromatic heterocycles. The number of nitrogens with zero attached hydrogens (tertiary/aromatic N) is 1. The van der Waals surface area contributed by atoms with Crippen LogP contribution in [0.4, 0.5) is 0 Å². The third-order valence-electron chi connectivity index (χ3n) is 2.68. The highest BCUT2D eigenvalue weighted by Crippen LogP contribution is 2.26. The SMILES string of the molecule is CC(C)(C)NC(=S)NN=Cc1coc2c(Cl)cc(Cl)cc2c1=O. The lowest BCUT2D eigenvalue weighted by Crippen LogP contribution is -2.44. The summed E-state index contributed by atoms with van der Waals surface area (Å²) in [6, 6.07) is 3.02. The zero-order valence-electron chi connectivity index (χ0n) is 12.7. The Bertz CT molecular complexity index is 841. The minimum atomic E-state index is -0.282. The third kappa shape index (κ3) is 4.67. The van der Waals surface area contributed by atoms with Crippen LogP contribution in [0.1, 0.15) is 26.3 Å². The highest BCUT2D eigenvalue weighted by molar-refractivity contribution is 7.80. The van der Waals surface area contributed by atoms with Crippen LogP contribution < -0.4 is 16.2 Å². The standard InChI is InChI=1S/C15H15Cl2N3O2S/c1-15(2,3)19-14(23)20-18-6-8-7-22-13-10(12(8)21)4-9(16)5-11(13)17/h4-7H,1-3H3,(H2,19,20,23). The van der Waals surface area contributed by atoms with Gasteiger partial charge in [-0.25, -0.2) is 0 Å². The lowest BCUT2D eigenvalue weighted by molar-refractivity contribution is 0.508. The fraction of sp³-hybridized carbons (Fsp3) is 0.267. The Morgan fingerprint density at radius 3 is 2.70 bits per heavy atom. The zero-order valence-corrected chi connectivity index (χ0v) is 15.1. The van der Waals surface area contributed by atoms with Crippen molar-refractivity contribution in [2.24, 2.45) is 5.10 Å². The monoisotopic (exact) mass is 371 g/mol. The van der Waals surface area contributed by atoms with Crippen molar-refractivity contribution in [1.29, 1.82) is 0 Å². The Morgan fingerprint density at radius 2 is 2.04 bits per heavy atom. The van der Waals surface area contributed by atoms with E-state index in [0.717, 1.165) is 0 Å². The summed E-state index contributed by atoms with van der Waals surface area (Å²) in [6.45, 7) is 5.91. The molecule has 0 amide bonds. The molecule has 0 bridgehead atoms. The maximum Gasteiger partial charge on any atom is 0.201 e. The average molecular weight is 372 g/mol. The van der Waals surface area contributed by atoms with E-state index < -0.39 is 0 Å². The van der Waals surface area contributed by atoms with Gasteiger partial charge in [0.05, 0.1) is 22.2 Å². The summed E-state index contributed by atoms with van der Waals surface area (Å²) in [6.07, 6.45) is 2.62. The molecule has 2 N–H and O–H groups in total. The summed E-state index contributed by atoms with van der Waals surface area (Å²) in [5, 5.41) is 8.25. The molecule has 122 valence electrons. The largest absolute Gasteiger partial charge is 0.462 e. The summed E-state index contributed by atoms with van der Waals surface area (Å²) in [5.41, 5.74) is 2.72. The fourth-order valence-corrected chi connectivity index (χ4v) is 2.70. The Labute approximate surface area is 148 Å². The molecule has 0 fully saturated rings. The van der Waals surface area contributed by atoms with Crippen molar-refractivity contribution >= 4 is 57.7 Å². The normalized spacial score (nSPS) is 11.9. The van der Waals surface area contributed by atoms with Gasteiger partial charge in [-0.3, -0.25) is 10.2 Å². The Hall–Kier alpha value is -1.63. The molecule has 2 rings (SSSR count). The Balaban J connectivity index is 2.25. The second-order valence-electron chi connectivity index (χ2n) is 5.86. The van der Waals surface area contributed by atoms with Gasteiger partial charge in [0.15, 0.2) is 10.7 Å². The van der Waals surface area contributed by atoms with Gasteiger partial charge in [0.25, 0.3) is 0 Å². The Morgan fingerprint density at radius 1 is 1.35 bits per heavy atom. The molecule has 0 atom stereocenters. The number of halogens is 2. The minimum absolute atomic E-state index is 0.185. The van der Waals surface area contributed by atoms with Crippen LogP contribution in [0, 0.1) is 0 Å². The van der Waals surface area contributed by atoms with E-state index in [2.05, 4.69) is 15.8 Å². The molecule has 0 unspecified atom stereocenters. The number of benzene rings is 1. The van der Waals surface area contributed by atoms with Gasteiger partial charge < -0.3 is 9.73 Å². The summed E-state index contributed by atoms with van der Waals surface area (Å²) in [4.78, 5) is 12.4. The number of thiocarbonyl (C=S) groups is 1. The van der Waals surface area contributed by atoms with Crippen molar-refractivity contribution in [3.63, 3.8) is 0 Å². The fourth-order valence-electron chi connectivity index (χ4n) is 1.80. The van der Waals surface area contributed by atoms with Crippen LogP contribution in [0.3, 0.4) is 0 Å². The lowest BCUT2D eigenvalue weighted by atomic mass is 10.1.